The van der Waals surface area contributed by atoms with Crippen LogP contribution in [-0.2, 0) is 11.3 Å². The molecule has 2 aromatic heterocycles. The van der Waals surface area contributed by atoms with Crippen LogP contribution in [0.5, 0.6) is 0 Å². The average Bonchev–Trinajstić information content (AvgIpc) is 2.55. The smallest absolute Gasteiger partial charge is 0.325 e. The van der Waals surface area contributed by atoms with E-state index in [9.17, 15) is 9.59 Å². The summed E-state index contributed by atoms with van der Waals surface area (Å²) in [4.78, 5) is 25.7. The van der Waals surface area contributed by atoms with Crippen molar-refractivity contribution in [3.63, 3.8) is 0 Å². The van der Waals surface area contributed by atoms with Crippen LogP contribution in [0.4, 0.5) is 0 Å². The highest BCUT2D eigenvalue weighted by molar-refractivity contribution is 6.29. The Kier molecular flexibility index (Phi) is 2.68. The van der Waals surface area contributed by atoms with Gasteiger partial charge in [-0.2, -0.15) is 5.10 Å². The van der Waals surface area contributed by atoms with E-state index in [0.717, 1.165) is 4.68 Å². The number of carbonyl (C=O) groups excluding carboxylic acids is 1. The lowest BCUT2D eigenvalue weighted by atomic mass is 10.3. The summed E-state index contributed by atoms with van der Waals surface area (Å²) in [6.45, 7) is -0.382. The number of carbonyl (C=O) groups is 2. The Balaban J connectivity index is 2.70. The first-order valence-electron chi connectivity index (χ1n) is 4.53. The topological polar surface area (TPSA) is 111 Å². The van der Waals surface area contributed by atoms with E-state index in [0.29, 0.717) is 5.52 Å². The summed E-state index contributed by atoms with van der Waals surface area (Å²) >= 11 is 5.69. The average molecular weight is 255 g/mol. The van der Waals surface area contributed by atoms with Gasteiger partial charge in [0.1, 0.15) is 17.2 Å². The highest BCUT2D eigenvalue weighted by Crippen LogP contribution is 2.18. The van der Waals surface area contributed by atoms with E-state index in [4.69, 9.17) is 22.4 Å². The number of pyridine rings is 1. The molecule has 17 heavy (non-hydrogen) atoms. The van der Waals surface area contributed by atoms with Crippen molar-refractivity contribution in [2.45, 2.75) is 6.54 Å². The molecule has 0 unspecified atom stereocenters. The highest BCUT2D eigenvalue weighted by atomic mass is 35.5. The number of hydrogen-bond acceptors (Lipinski definition) is 4. The molecule has 2 rings (SSSR count). The first-order valence-corrected chi connectivity index (χ1v) is 4.91. The van der Waals surface area contributed by atoms with Gasteiger partial charge < -0.3 is 10.8 Å². The molecule has 0 aliphatic carbocycles. The number of amides is 1. The van der Waals surface area contributed by atoms with E-state index in [1.807, 2.05) is 0 Å². The van der Waals surface area contributed by atoms with Gasteiger partial charge in [0.15, 0.2) is 5.69 Å². The highest BCUT2D eigenvalue weighted by Gasteiger charge is 2.17. The first-order chi connectivity index (χ1) is 7.99. The van der Waals surface area contributed by atoms with Gasteiger partial charge in [-0.1, -0.05) is 11.6 Å². The van der Waals surface area contributed by atoms with Gasteiger partial charge in [-0.3, -0.25) is 14.3 Å². The Morgan fingerprint density at radius 2 is 2.18 bits per heavy atom. The molecule has 0 fully saturated rings. The van der Waals surface area contributed by atoms with Crippen molar-refractivity contribution in [2.24, 2.45) is 5.73 Å². The molecule has 0 bridgehead atoms. The maximum atomic E-state index is 11.1. The molecule has 0 spiro atoms. The van der Waals surface area contributed by atoms with Crippen LogP contribution in [0.2, 0.25) is 5.15 Å². The molecule has 0 aromatic carbocycles. The Bertz CT molecular complexity index is 622. The zero-order valence-electron chi connectivity index (χ0n) is 8.42. The molecule has 2 heterocycles. The van der Waals surface area contributed by atoms with Crippen LogP contribution in [0.3, 0.4) is 0 Å². The third-order valence-electron chi connectivity index (χ3n) is 2.08. The molecule has 0 saturated heterocycles. The number of nitrogens with zero attached hydrogens (tertiary/aromatic N) is 3. The predicted molar refractivity (Wildman–Crippen MR) is 58.7 cm³/mol. The van der Waals surface area contributed by atoms with E-state index in [2.05, 4.69) is 10.1 Å². The molecule has 8 heteroatoms. The van der Waals surface area contributed by atoms with Crippen LogP contribution in [0.1, 0.15) is 10.5 Å². The predicted octanol–water partition coefficient (Wildman–Crippen LogP) is 0.268. The summed E-state index contributed by atoms with van der Waals surface area (Å²) in [5.74, 6) is -1.87. The Morgan fingerprint density at radius 3 is 2.76 bits per heavy atom. The molecule has 0 aliphatic rings. The van der Waals surface area contributed by atoms with Crippen molar-refractivity contribution >= 4 is 34.5 Å². The number of rotatable bonds is 3. The quantitative estimate of drug-likeness (QED) is 0.764. The van der Waals surface area contributed by atoms with Crippen LogP contribution in [-0.4, -0.2) is 31.7 Å². The molecular formula is C9H7ClN4O3. The number of nitrogens with two attached hydrogens (primary N) is 1. The lowest BCUT2D eigenvalue weighted by Gasteiger charge is -1.97. The second-order valence-corrected chi connectivity index (χ2v) is 3.65. The van der Waals surface area contributed by atoms with Gasteiger partial charge in [0.05, 0.1) is 5.52 Å². The summed E-state index contributed by atoms with van der Waals surface area (Å²) < 4.78 is 1.14. The lowest BCUT2D eigenvalue weighted by molar-refractivity contribution is -0.137. The minimum absolute atomic E-state index is 0.0937. The summed E-state index contributed by atoms with van der Waals surface area (Å²) in [6, 6.07) is 3.02. The zero-order valence-corrected chi connectivity index (χ0v) is 9.18. The SMILES string of the molecule is NC(=O)c1nn(CC(=O)O)c2ccc(Cl)nc12. The Labute approximate surface area is 99.8 Å². The summed E-state index contributed by atoms with van der Waals surface area (Å²) in [7, 11) is 0. The normalized spacial score (nSPS) is 10.6. The third-order valence-corrected chi connectivity index (χ3v) is 2.29. The minimum atomic E-state index is -1.08. The van der Waals surface area contributed by atoms with E-state index >= 15 is 0 Å². The van der Waals surface area contributed by atoms with Gasteiger partial charge in [-0.05, 0) is 12.1 Å². The van der Waals surface area contributed by atoms with Gasteiger partial charge in [-0.15, -0.1) is 0 Å². The second-order valence-electron chi connectivity index (χ2n) is 3.27. The fraction of sp³-hybridized carbons (Fsp3) is 0.111. The van der Waals surface area contributed by atoms with Crippen LogP contribution >= 0.6 is 11.6 Å². The van der Waals surface area contributed by atoms with Gasteiger partial charge >= 0.3 is 5.97 Å². The second kappa shape index (κ2) is 4.02. The molecule has 2 aromatic rings. The summed E-state index contributed by atoms with van der Waals surface area (Å²) in [5.41, 5.74) is 5.63. The van der Waals surface area contributed by atoms with Crippen molar-refractivity contribution in [1.29, 1.82) is 0 Å². The molecule has 0 aliphatic heterocycles. The van der Waals surface area contributed by atoms with Gasteiger partial charge in [0.2, 0.25) is 0 Å². The molecule has 7 nitrogen and oxygen atoms in total. The monoisotopic (exact) mass is 254 g/mol. The molecule has 3 N–H and O–H groups in total. The molecule has 0 saturated carbocycles. The van der Waals surface area contributed by atoms with E-state index in [1.165, 1.54) is 12.1 Å². The molecule has 1 amide bonds. The maximum absolute atomic E-state index is 11.1. The van der Waals surface area contributed by atoms with Crippen LogP contribution in [0.25, 0.3) is 11.0 Å². The number of halogens is 1. The number of aromatic nitrogens is 3. The summed E-state index contributed by atoms with van der Waals surface area (Å²) in [6.07, 6.45) is 0. The molecule has 88 valence electrons. The maximum Gasteiger partial charge on any atom is 0.325 e. The number of aliphatic carboxylic acids is 1. The van der Waals surface area contributed by atoms with E-state index in [-0.39, 0.29) is 22.9 Å². The van der Waals surface area contributed by atoms with Crippen LogP contribution in [0.15, 0.2) is 12.1 Å². The van der Waals surface area contributed by atoms with Gasteiger partial charge in [0.25, 0.3) is 5.91 Å². The Morgan fingerprint density at radius 1 is 1.47 bits per heavy atom. The van der Waals surface area contributed by atoms with Crippen LogP contribution < -0.4 is 5.73 Å². The van der Waals surface area contributed by atoms with Crippen molar-refractivity contribution in [2.75, 3.05) is 0 Å². The number of hydrogen-bond donors (Lipinski definition) is 2. The van der Waals surface area contributed by atoms with Crippen molar-refractivity contribution in [3.05, 3.63) is 23.0 Å². The zero-order chi connectivity index (χ0) is 12.6. The number of carboxylic acids is 1. The van der Waals surface area contributed by atoms with E-state index < -0.39 is 11.9 Å². The number of fused-ring (bicyclic) bond motifs is 1. The van der Waals surface area contributed by atoms with Crippen molar-refractivity contribution < 1.29 is 14.7 Å². The number of primary amides is 1. The van der Waals surface area contributed by atoms with Crippen molar-refractivity contribution in [3.8, 4) is 0 Å². The molecular weight excluding hydrogens is 248 g/mol. The summed E-state index contributed by atoms with van der Waals surface area (Å²) in [5, 5.41) is 12.7. The van der Waals surface area contributed by atoms with Gasteiger partial charge in [0, 0.05) is 0 Å². The molecule has 0 atom stereocenters. The van der Waals surface area contributed by atoms with Gasteiger partial charge in [-0.25, -0.2) is 4.98 Å². The minimum Gasteiger partial charge on any atom is -0.480 e. The third kappa shape index (κ3) is 2.04. The lowest BCUT2D eigenvalue weighted by Crippen LogP contribution is -2.14. The van der Waals surface area contributed by atoms with Crippen molar-refractivity contribution in [1.82, 2.24) is 14.8 Å². The Hall–Kier alpha value is -2.15. The largest absolute Gasteiger partial charge is 0.480 e. The first kappa shape index (κ1) is 11.3. The fourth-order valence-electron chi connectivity index (χ4n) is 1.45. The standard InChI is InChI=1S/C9H7ClN4O3/c10-5-2-1-4-7(12-5)8(9(11)17)13-14(4)3-6(15)16/h1-2H,3H2,(H2,11,17)(H,15,16). The van der Waals surface area contributed by atoms with E-state index in [1.54, 1.807) is 0 Å². The van der Waals surface area contributed by atoms with Crippen LogP contribution in [0, 0.1) is 0 Å². The number of carboxylic acid groups (broad SMARTS) is 1. The molecule has 0 radical (unpaired) electrons. The fourth-order valence-corrected chi connectivity index (χ4v) is 1.59.